The van der Waals surface area contributed by atoms with E-state index >= 15 is 0 Å². The van der Waals surface area contributed by atoms with Crippen LogP contribution in [0.3, 0.4) is 0 Å². The van der Waals surface area contributed by atoms with Gasteiger partial charge < -0.3 is 15.0 Å². The molecule has 1 saturated carbocycles. The van der Waals surface area contributed by atoms with Gasteiger partial charge in [0, 0.05) is 31.4 Å². The molecule has 1 saturated heterocycles. The Bertz CT molecular complexity index is 917. The summed E-state index contributed by atoms with van der Waals surface area (Å²) in [4.78, 5) is 35.4. The van der Waals surface area contributed by atoms with Gasteiger partial charge in [-0.1, -0.05) is 0 Å². The second-order valence-electron chi connectivity index (χ2n) is 9.31. The molecule has 2 aromatic heterocycles. The Morgan fingerprint density at radius 3 is 2.46 bits per heavy atom. The molecule has 1 aliphatic heterocycles. The minimum atomic E-state index is -0.618. The molecule has 8 heteroatoms. The van der Waals surface area contributed by atoms with E-state index in [4.69, 9.17) is 4.74 Å². The zero-order valence-corrected chi connectivity index (χ0v) is 17.0. The van der Waals surface area contributed by atoms with Crippen LogP contribution in [0.15, 0.2) is 24.8 Å². The molecule has 1 N–H and O–H groups in total. The number of hydrogen-bond acceptors (Lipinski definition) is 5. The van der Waals surface area contributed by atoms with Gasteiger partial charge >= 0.3 is 6.09 Å². The Morgan fingerprint density at radius 2 is 1.82 bits per heavy atom. The third-order valence-electron chi connectivity index (χ3n) is 5.48. The molecule has 150 valence electrons. The lowest BCUT2D eigenvalue weighted by Crippen LogP contribution is -2.45. The van der Waals surface area contributed by atoms with Crippen molar-refractivity contribution in [2.24, 2.45) is 17.8 Å². The normalized spacial score (nSPS) is 24.2. The highest BCUT2D eigenvalue weighted by molar-refractivity contribution is 5.84. The fourth-order valence-corrected chi connectivity index (χ4v) is 4.15. The van der Waals surface area contributed by atoms with Crippen molar-refractivity contribution in [2.75, 3.05) is 13.1 Å². The third kappa shape index (κ3) is 3.31. The SMILES string of the molecule is CC(C)(C)OC(=O)N1C[C@@H]2[C@H](C1)[C@H]2C(=O)NC(C)(C)c1ncc2cnccn12. The van der Waals surface area contributed by atoms with Crippen molar-refractivity contribution in [1.29, 1.82) is 0 Å². The standard InChI is InChI=1S/C20H27N5O3/c1-19(2,3)28-18(27)24-10-13-14(11-24)15(13)16(26)23-20(4,5)17-22-9-12-8-21-6-7-25(12)17/h6-9,13-15H,10-11H2,1-5H3,(H,23,26)/t13-,14+,15+. The van der Waals surface area contributed by atoms with Gasteiger partial charge in [0.25, 0.3) is 0 Å². The number of aromatic nitrogens is 3. The van der Waals surface area contributed by atoms with E-state index in [9.17, 15) is 9.59 Å². The molecule has 2 fully saturated rings. The number of likely N-dealkylation sites (tertiary alicyclic amines) is 1. The van der Waals surface area contributed by atoms with E-state index in [1.807, 2.05) is 45.2 Å². The van der Waals surface area contributed by atoms with Crippen LogP contribution in [0.2, 0.25) is 0 Å². The first kappa shape index (κ1) is 18.7. The molecule has 2 aliphatic rings. The molecule has 2 amide bonds. The van der Waals surface area contributed by atoms with Gasteiger partial charge in [0.05, 0.1) is 23.4 Å². The van der Waals surface area contributed by atoms with Crippen molar-refractivity contribution in [3.05, 3.63) is 30.6 Å². The van der Waals surface area contributed by atoms with E-state index < -0.39 is 11.1 Å². The monoisotopic (exact) mass is 385 g/mol. The number of carbonyl (C=O) groups excluding carboxylic acids is 2. The lowest BCUT2D eigenvalue weighted by atomic mass is 10.0. The van der Waals surface area contributed by atoms with Crippen molar-refractivity contribution in [3.8, 4) is 0 Å². The fourth-order valence-electron chi connectivity index (χ4n) is 4.15. The summed E-state index contributed by atoms with van der Waals surface area (Å²) in [5, 5.41) is 3.15. The lowest BCUT2D eigenvalue weighted by molar-refractivity contribution is -0.125. The van der Waals surface area contributed by atoms with Gasteiger partial charge in [-0.2, -0.15) is 0 Å². The van der Waals surface area contributed by atoms with Gasteiger partial charge in [-0.3, -0.25) is 14.2 Å². The summed E-state index contributed by atoms with van der Waals surface area (Å²) in [6.45, 7) is 10.6. The Labute approximate surface area is 164 Å². The van der Waals surface area contributed by atoms with E-state index in [1.165, 1.54) is 0 Å². The van der Waals surface area contributed by atoms with Crippen molar-refractivity contribution in [3.63, 3.8) is 0 Å². The van der Waals surface area contributed by atoms with Crippen molar-refractivity contribution in [2.45, 2.75) is 45.8 Å². The summed E-state index contributed by atoms with van der Waals surface area (Å²) in [5.74, 6) is 1.16. The zero-order chi connectivity index (χ0) is 20.3. The number of amides is 2. The van der Waals surface area contributed by atoms with E-state index in [-0.39, 0.29) is 29.8 Å². The maximum Gasteiger partial charge on any atom is 0.410 e. The van der Waals surface area contributed by atoms with Crippen LogP contribution < -0.4 is 5.32 Å². The molecule has 8 nitrogen and oxygen atoms in total. The molecule has 4 rings (SSSR count). The van der Waals surface area contributed by atoms with Crippen molar-refractivity contribution < 1.29 is 14.3 Å². The molecular formula is C20H27N5O3. The highest BCUT2D eigenvalue weighted by atomic mass is 16.6. The average molecular weight is 385 g/mol. The van der Waals surface area contributed by atoms with Crippen LogP contribution >= 0.6 is 0 Å². The molecule has 0 aromatic carbocycles. The first-order chi connectivity index (χ1) is 13.1. The second kappa shape index (κ2) is 6.18. The summed E-state index contributed by atoms with van der Waals surface area (Å²) in [6, 6.07) is 0. The number of piperidine rings is 1. The first-order valence-corrected chi connectivity index (χ1v) is 9.64. The quantitative estimate of drug-likeness (QED) is 0.875. The number of rotatable bonds is 3. The number of hydrogen-bond donors (Lipinski definition) is 1. The van der Waals surface area contributed by atoms with Crippen LogP contribution in [-0.2, 0) is 15.1 Å². The number of imidazole rings is 1. The molecule has 1 aliphatic carbocycles. The summed E-state index contributed by atoms with van der Waals surface area (Å²) in [6.07, 6.45) is 6.74. The van der Waals surface area contributed by atoms with E-state index in [0.717, 1.165) is 11.3 Å². The average Bonchev–Trinajstić information content (AvgIpc) is 2.96. The Balaban J connectivity index is 1.38. The number of fused-ring (bicyclic) bond motifs is 2. The minimum absolute atomic E-state index is 0.0228. The van der Waals surface area contributed by atoms with Crippen molar-refractivity contribution in [1.82, 2.24) is 24.6 Å². The maximum atomic E-state index is 12.9. The number of nitrogens with zero attached hydrogens (tertiary/aromatic N) is 4. The van der Waals surface area contributed by atoms with Crippen LogP contribution in [0, 0.1) is 17.8 Å². The highest BCUT2D eigenvalue weighted by Gasteiger charge is 2.61. The molecule has 2 aromatic rings. The van der Waals surface area contributed by atoms with E-state index in [2.05, 4.69) is 15.3 Å². The molecule has 3 atom stereocenters. The van der Waals surface area contributed by atoms with Crippen LogP contribution in [0.5, 0.6) is 0 Å². The summed E-state index contributed by atoms with van der Waals surface area (Å²) in [5.41, 5.74) is -0.240. The summed E-state index contributed by atoms with van der Waals surface area (Å²) in [7, 11) is 0. The Kier molecular flexibility index (Phi) is 4.13. The second-order valence-corrected chi connectivity index (χ2v) is 9.31. The minimum Gasteiger partial charge on any atom is -0.444 e. The third-order valence-corrected chi connectivity index (χ3v) is 5.48. The molecule has 0 radical (unpaired) electrons. The molecule has 28 heavy (non-hydrogen) atoms. The van der Waals surface area contributed by atoms with Crippen molar-refractivity contribution >= 4 is 17.5 Å². The van der Waals surface area contributed by atoms with Crippen LogP contribution in [0.25, 0.3) is 5.52 Å². The number of carbonyl (C=O) groups is 2. The number of ether oxygens (including phenoxy) is 1. The molecule has 0 spiro atoms. The molecule has 3 heterocycles. The zero-order valence-electron chi connectivity index (χ0n) is 17.0. The maximum absolute atomic E-state index is 12.9. The van der Waals surface area contributed by atoms with Gasteiger partial charge in [-0.25, -0.2) is 9.78 Å². The summed E-state index contributed by atoms with van der Waals surface area (Å²) >= 11 is 0. The topological polar surface area (TPSA) is 88.8 Å². The Morgan fingerprint density at radius 1 is 1.14 bits per heavy atom. The molecular weight excluding hydrogens is 358 g/mol. The van der Waals surface area contributed by atoms with Gasteiger partial charge in [-0.05, 0) is 46.5 Å². The Hall–Kier alpha value is -2.64. The summed E-state index contributed by atoms with van der Waals surface area (Å²) < 4.78 is 7.36. The van der Waals surface area contributed by atoms with E-state index in [1.54, 1.807) is 23.5 Å². The van der Waals surface area contributed by atoms with Crippen LogP contribution in [0.4, 0.5) is 4.79 Å². The van der Waals surface area contributed by atoms with Crippen LogP contribution in [-0.4, -0.2) is 50.0 Å². The fraction of sp³-hybridized carbons (Fsp3) is 0.600. The molecule has 0 unspecified atom stereocenters. The van der Waals surface area contributed by atoms with Crippen LogP contribution in [0.1, 0.15) is 40.4 Å². The lowest BCUT2D eigenvalue weighted by Gasteiger charge is -2.27. The van der Waals surface area contributed by atoms with Gasteiger partial charge in [0.1, 0.15) is 11.4 Å². The predicted molar refractivity (Wildman–Crippen MR) is 102 cm³/mol. The van der Waals surface area contributed by atoms with Gasteiger partial charge in [-0.15, -0.1) is 0 Å². The van der Waals surface area contributed by atoms with Gasteiger partial charge in [0.15, 0.2) is 0 Å². The largest absolute Gasteiger partial charge is 0.444 e. The number of nitrogens with one attached hydrogen (secondary N) is 1. The highest BCUT2D eigenvalue weighted by Crippen LogP contribution is 2.52. The van der Waals surface area contributed by atoms with E-state index in [0.29, 0.717) is 13.1 Å². The first-order valence-electron chi connectivity index (χ1n) is 9.64. The van der Waals surface area contributed by atoms with Gasteiger partial charge in [0.2, 0.25) is 5.91 Å². The smallest absolute Gasteiger partial charge is 0.410 e. The molecule has 0 bridgehead atoms. The predicted octanol–water partition coefficient (Wildman–Crippen LogP) is 2.19.